The standard InChI is InChI=1S/C12H11BrClNO3S/c1-6-15(10(5-19-6)12(17)18)11(16)8-4-7(13)2-3-9(8)14/h2-4,6,10H,5H2,1H3,(H,17,18). The van der Waals surface area contributed by atoms with Crippen molar-refractivity contribution < 1.29 is 14.7 Å². The number of nitrogens with zero attached hydrogens (tertiary/aromatic N) is 1. The number of carbonyl (C=O) groups is 2. The van der Waals surface area contributed by atoms with Crippen LogP contribution in [0, 0.1) is 0 Å². The normalized spacial score (nSPS) is 22.6. The average molecular weight is 365 g/mol. The van der Waals surface area contributed by atoms with E-state index < -0.39 is 12.0 Å². The highest BCUT2D eigenvalue weighted by molar-refractivity contribution is 9.10. The number of thioether (sulfide) groups is 1. The van der Waals surface area contributed by atoms with Gasteiger partial charge >= 0.3 is 5.97 Å². The smallest absolute Gasteiger partial charge is 0.327 e. The van der Waals surface area contributed by atoms with Crippen molar-refractivity contribution in [3.63, 3.8) is 0 Å². The Hall–Kier alpha value is -0.720. The molecule has 1 fully saturated rings. The lowest BCUT2D eigenvalue weighted by Gasteiger charge is -2.25. The minimum absolute atomic E-state index is 0.177. The maximum atomic E-state index is 12.5. The van der Waals surface area contributed by atoms with Gasteiger partial charge in [0.15, 0.2) is 0 Å². The van der Waals surface area contributed by atoms with Gasteiger partial charge in [-0.2, -0.15) is 0 Å². The third kappa shape index (κ3) is 2.90. The summed E-state index contributed by atoms with van der Waals surface area (Å²) >= 11 is 10.7. The second-order valence-electron chi connectivity index (χ2n) is 4.12. The molecule has 0 saturated carbocycles. The molecule has 1 aliphatic heterocycles. The zero-order valence-corrected chi connectivity index (χ0v) is 13.1. The van der Waals surface area contributed by atoms with Crippen LogP contribution in [0.25, 0.3) is 0 Å². The molecular weight excluding hydrogens is 354 g/mol. The number of carboxylic acids is 1. The number of halogens is 2. The molecular formula is C12H11BrClNO3S. The molecule has 1 saturated heterocycles. The number of benzene rings is 1. The number of rotatable bonds is 2. The highest BCUT2D eigenvalue weighted by atomic mass is 79.9. The lowest BCUT2D eigenvalue weighted by Crippen LogP contribution is -2.44. The maximum absolute atomic E-state index is 12.5. The highest BCUT2D eigenvalue weighted by Gasteiger charge is 2.40. The second-order valence-corrected chi connectivity index (χ2v) is 6.80. The molecule has 2 rings (SSSR count). The summed E-state index contributed by atoms with van der Waals surface area (Å²) in [4.78, 5) is 25.1. The topological polar surface area (TPSA) is 57.6 Å². The van der Waals surface area contributed by atoms with Crippen LogP contribution < -0.4 is 0 Å². The average Bonchev–Trinajstić information content (AvgIpc) is 2.73. The SMILES string of the molecule is CC1SCC(C(=O)O)N1C(=O)c1cc(Br)ccc1Cl. The Morgan fingerprint density at radius 1 is 1.53 bits per heavy atom. The van der Waals surface area contributed by atoms with Crippen LogP contribution in [0.5, 0.6) is 0 Å². The summed E-state index contributed by atoms with van der Waals surface area (Å²) in [7, 11) is 0. The van der Waals surface area contributed by atoms with E-state index in [2.05, 4.69) is 15.9 Å². The molecule has 7 heteroatoms. The maximum Gasteiger partial charge on any atom is 0.327 e. The molecule has 1 amide bonds. The molecule has 0 spiro atoms. The molecule has 1 aromatic carbocycles. The van der Waals surface area contributed by atoms with Gasteiger partial charge in [-0.25, -0.2) is 4.79 Å². The van der Waals surface area contributed by atoms with Crippen LogP contribution in [0.15, 0.2) is 22.7 Å². The van der Waals surface area contributed by atoms with Crippen molar-refractivity contribution in [1.29, 1.82) is 0 Å². The van der Waals surface area contributed by atoms with E-state index in [-0.39, 0.29) is 11.3 Å². The molecule has 19 heavy (non-hydrogen) atoms. The van der Waals surface area contributed by atoms with Crippen molar-refractivity contribution in [2.75, 3.05) is 5.75 Å². The predicted molar refractivity (Wildman–Crippen MR) is 78.7 cm³/mol. The van der Waals surface area contributed by atoms with Gasteiger partial charge in [-0.15, -0.1) is 11.8 Å². The first-order valence-corrected chi connectivity index (χ1v) is 7.76. The second kappa shape index (κ2) is 5.73. The molecule has 1 aliphatic rings. The van der Waals surface area contributed by atoms with Crippen LogP contribution in [0.1, 0.15) is 17.3 Å². The molecule has 1 aromatic rings. The van der Waals surface area contributed by atoms with Crippen LogP contribution in [-0.2, 0) is 4.79 Å². The van der Waals surface area contributed by atoms with Crippen molar-refractivity contribution in [3.8, 4) is 0 Å². The quantitative estimate of drug-likeness (QED) is 0.876. The number of carbonyl (C=O) groups excluding carboxylic acids is 1. The molecule has 0 aliphatic carbocycles. The van der Waals surface area contributed by atoms with E-state index in [1.165, 1.54) is 16.7 Å². The first-order chi connectivity index (χ1) is 8.91. The highest BCUT2D eigenvalue weighted by Crippen LogP contribution is 2.32. The van der Waals surface area contributed by atoms with Crippen molar-refractivity contribution in [2.24, 2.45) is 0 Å². The number of amides is 1. The Morgan fingerprint density at radius 2 is 2.21 bits per heavy atom. The number of carboxylic acid groups (broad SMARTS) is 1. The summed E-state index contributed by atoms with van der Waals surface area (Å²) in [6.07, 6.45) is 0. The predicted octanol–water partition coefficient (Wildman–Crippen LogP) is 3.09. The van der Waals surface area contributed by atoms with Crippen LogP contribution in [0.4, 0.5) is 0 Å². The third-order valence-corrected chi connectivity index (χ3v) is 4.94. The molecule has 0 bridgehead atoms. The van der Waals surface area contributed by atoms with Crippen molar-refractivity contribution >= 4 is 51.2 Å². The van der Waals surface area contributed by atoms with E-state index in [0.29, 0.717) is 16.3 Å². The zero-order valence-electron chi connectivity index (χ0n) is 9.97. The van der Waals surface area contributed by atoms with E-state index in [1.807, 2.05) is 6.92 Å². The van der Waals surface area contributed by atoms with Gasteiger partial charge < -0.3 is 10.0 Å². The molecule has 2 unspecified atom stereocenters. The lowest BCUT2D eigenvalue weighted by molar-refractivity contribution is -0.141. The fourth-order valence-electron chi connectivity index (χ4n) is 1.94. The van der Waals surface area contributed by atoms with Crippen LogP contribution in [0.2, 0.25) is 5.02 Å². The molecule has 4 nitrogen and oxygen atoms in total. The summed E-state index contributed by atoms with van der Waals surface area (Å²) in [6, 6.07) is 4.15. The Labute approximate surface area is 128 Å². The minimum Gasteiger partial charge on any atom is -0.480 e. The number of hydrogen-bond donors (Lipinski definition) is 1. The van der Waals surface area contributed by atoms with Crippen LogP contribution >= 0.6 is 39.3 Å². The van der Waals surface area contributed by atoms with E-state index in [4.69, 9.17) is 11.6 Å². The largest absolute Gasteiger partial charge is 0.480 e. The fourth-order valence-corrected chi connectivity index (χ4v) is 3.67. The third-order valence-electron chi connectivity index (χ3n) is 2.90. The Balaban J connectivity index is 2.37. The van der Waals surface area contributed by atoms with Crippen LogP contribution in [0.3, 0.4) is 0 Å². The van der Waals surface area contributed by atoms with Gasteiger partial charge in [-0.05, 0) is 25.1 Å². The van der Waals surface area contributed by atoms with Gasteiger partial charge in [0.25, 0.3) is 5.91 Å². The van der Waals surface area contributed by atoms with Gasteiger partial charge in [0.2, 0.25) is 0 Å². The summed E-state index contributed by atoms with van der Waals surface area (Å²) in [6.45, 7) is 1.82. The molecule has 1 heterocycles. The summed E-state index contributed by atoms with van der Waals surface area (Å²) in [5.41, 5.74) is 0.316. The fraction of sp³-hybridized carbons (Fsp3) is 0.333. The first kappa shape index (κ1) is 14.7. The monoisotopic (exact) mass is 363 g/mol. The summed E-state index contributed by atoms with van der Waals surface area (Å²) < 4.78 is 0.728. The molecule has 2 atom stereocenters. The van der Waals surface area contributed by atoms with E-state index in [1.54, 1.807) is 18.2 Å². The summed E-state index contributed by atoms with van der Waals surface area (Å²) in [5, 5.41) is 9.32. The Bertz CT molecular complexity index is 540. The molecule has 0 radical (unpaired) electrons. The Kier molecular flexibility index (Phi) is 4.43. The van der Waals surface area contributed by atoms with Crippen molar-refractivity contribution in [2.45, 2.75) is 18.3 Å². The van der Waals surface area contributed by atoms with Gasteiger partial charge in [0, 0.05) is 10.2 Å². The van der Waals surface area contributed by atoms with Gasteiger partial charge in [0.1, 0.15) is 6.04 Å². The Morgan fingerprint density at radius 3 is 2.84 bits per heavy atom. The van der Waals surface area contributed by atoms with Crippen molar-refractivity contribution in [3.05, 3.63) is 33.3 Å². The molecule has 0 aromatic heterocycles. The van der Waals surface area contributed by atoms with Gasteiger partial charge in [-0.3, -0.25) is 4.79 Å². The van der Waals surface area contributed by atoms with Crippen molar-refractivity contribution in [1.82, 2.24) is 4.90 Å². The number of hydrogen-bond acceptors (Lipinski definition) is 3. The molecule has 1 N–H and O–H groups in total. The zero-order chi connectivity index (χ0) is 14.2. The van der Waals surface area contributed by atoms with E-state index >= 15 is 0 Å². The van der Waals surface area contributed by atoms with Crippen LogP contribution in [-0.4, -0.2) is 39.1 Å². The minimum atomic E-state index is -0.990. The van der Waals surface area contributed by atoms with E-state index in [0.717, 1.165) is 4.47 Å². The number of aliphatic carboxylic acids is 1. The van der Waals surface area contributed by atoms with Gasteiger partial charge in [0.05, 0.1) is 16.0 Å². The van der Waals surface area contributed by atoms with E-state index in [9.17, 15) is 14.7 Å². The van der Waals surface area contributed by atoms with Gasteiger partial charge in [-0.1, -0.05) is 27.5 Å². The lowest BCUT2D eigenvalue weighted by atomic mass is 10.1. The summed E-state index contributed by atoms with van der Waals surface area (Å²) in [5.74, 6) is -0.944. The molecule has 102 valence electrons. The first-order valence-electron chi connectivity index (χ1n) is 5.54.